The second kappa shape index (κ2) is 7.64. The Kier molecular flexibility index (Phi) is 5.59. The van der Waals surface area contributed by atoms with Gasteiger partial charge in [-0.2, -0.15) is 0 Å². The van der Waals surface area contributed by atoms with E-state index in [4.69, 9.17) is 8.83 Å². The molecule has 0 saturated heterocycles. The van der Waals surface area contributed by atoms with Crippen LogP contribution < -0.4 is 10.6 Å². The van der Waals surface area contributed by atoms with Gasteiger partial charge in [-0.25, -0.2) is 4.79 Å². The molecule has 9 heteroatoms. The molecule has 0 fully saturated rings. The lowest BCUT2D eigenvalue weighted by Gasteiger charge is -2.07. The average Bonchev–Trinajstić information content (AvgIpc) is 3.13. The van der Waals surface area contributed by atoms with E-state index in [9.17, 15) is 9.59 Å². The van der Waals surface area contributed by atoms with Crippen molar-refractivity contribution < 1.29 is 18.4 Å². The van der Waals surface area contributed by atoms with Crippen molar-refractivity contribution in [3.63, 3.8) is 0 Å². The number of rotatable bonds is 6. The Morgan fingerprint density at radius 2 is 2.18 bits per heavy atom. The highest BCUT2D eigenvalue weighted by atomic mass is 32.2. The first-order chi connectivity index (χ1) is 10.5. The Labute approximate surface area is 131 Å². The molecule has 0 saturated carbocycles. The van der Waals surface area contributed by atoms with Crippen molar-refractivity contribution in [1.82, 2.24) is 20.8 Å². The van der Waals surface area contributed by atoms with Gasteiger partial charge in [-0.15, -0.1) is 10.2 Å². The van der Waals surface area contributed by atoms with Gasteiger partial charge >= 0.3 is 6.03 Å². The summed E-state index contributed by atoms with van der Waals surface area (Å²) in [6, 6.07) is 2.88. The van der Waals surface area contributed by atoms with Crippen molar-refractivity contribution in [1.29, 1.82) is 0 Å². The normalized spacial score (nSPS) is 10.7. The maximum Gasteiger partial charge on any atom is 0.321 e. The number of nitrogens with one attached hydrogen (secondary N) is 2. The number of amides is 3. The first-order valence-corrected chi connectivity index (χ1v) is 7.61. The maximum atomic E-state index is 11.6. The van der Waals surface area contributed by atoms with E-state index in [0.29, 0.717) is 18.2 Å². The molecule has 2 aromatic rings. The lowest BCUT2D eigenvalue weighted by Crippen LogP contribution is -2.41. The van der Waals surface area contributed by atoms with Crippen molar-refractivity contribution in [2.75, 3.05) is 12.3 Å². The molecule has 8 nitrogen and oxygen atoms in total. The molecule has 0 aliphatic carbocycles. The molecule has 2 N–H and O–H groups in total. The summed E-state index contributed by atoms with van der Waals surface area (Å²) in [6.07, 6.45) is 1.50. The smallest absolute Gasteiger partial charge is 0.321 e. The number of imide groups is 1. The molecule has 118 valence electrons. The van der Waals surface area contributed by atoms with Crippen LogP contribution in [0.1, 0.15) is 13.8 Å². The summed E-state index contributed by atoms with van der Waals surface area (Å²) in [5.74, 6) is 0.562. The van der Waals surface area contributed by atoms with Crippen molar-refractivity contribution in [2.24, 2.45) is 5.92 Å². The maximum absolute atomic E-state index is 11.6. The predicted molar refractivity (Wildman–Crippen MR) is 79.1 cm³/mol. The van der Waals surface area contributed by atoms with Gasteiger partial charge in [0.1, 0.15) is 0 Å². The third-order valence-corrected chi connectivity index (χ3v) is 3.21. The number of aromatic nitrogens is 2. The van der Waals surface area contributed by atoms with Gasteiger partial charge in [-0.05, 0) is 18.1 Å². The van der Waals surface area contributed by atoms with Crippen LogP contribution >= 0.6 is 11.8 Å². The topological polar surface area (TPSA) is 110 Å². The van der Waals surface area contributed by atoms with Crippen molar-refractivity contribution in [3.05, 3.63) is 18.4 Å². The lowest BCUT2D eigenvalue weighted by atomic mass is 10.2. The number of nitrogens with zero attached hydrogens (tertiary/aromatic N) is 2. The Hall–Kier alpha value is -2.29. The number of carbonyl (C=O) groups is 2. The number of urea groups is 1. The summed E-state index contributed by atoms with van der Waals surface area (Å²) in [4.78, 5) is 23.0. The Balaban J connectivity index is 1.76. The molecular weight excluding hydrogens is 308 g/mol. The molecule has 0 bridgehead atoms. The molecule has 0 aliphatic rings. The quantitative estimate of drug-likeness (QED) is 0.781. The molecular formula is C13H16N4O4S. The number of thioether (sulfide) groups is 1. The zero-order valence-electron chi connectivity index (χ0n) is 12.2. The Bertz CT molecular complexity index is 624. The minimum atomic E-state index is -0.513. The van der Waals surface area contributed by atoms with Crippen molar-refractivity contribution in [2.45, 2.75) is 19.1 Å². The zero-order valence-corrected chi connectivity index (χ0v) is 13.0. The number of hydrogen-bond donors (Lipinski definition) is 2. The minimum Gasteiger partial charge on any atom is -0.459 e. The molecule has 0 unspecified atom stereocenters. The van der Waals surface area contributed by atoms with E-state index in [1.165, 1.54) is 6.26 Å². The Morgan fingerprint density at radius 1 is 1.36 bits per heavy atom. The number of carbonyl (C=O) groups excluding carboxylic acids is 2. The van der Waals surface area contributed by atoms with Crippen molar-refractivity contribution >= 4 is 23.7 Å². The van der Waals surface area contributed by atoms with Gasteiger partial charge in [0.2, 0.25) is 5.91 Å². The Morgan fingerprint density at radius 3 is 2.86 bits per heavy atom. The molecule has 22 heavy (non-hydrogen) atoms. The van der Waals surface area contributed by atoms with E-state index < -0.39 is 11.9 Å². The molecule has 3 amide bonds. The van der Waals surface area contributed by atoms with E-state index in [1.54, 1.807) is 12.1 Å². The molecule has 0 radical (unpaired) electrons. The second-order valence-corrected chi connectivity index (χ2v) is 5.72. The first-order valence-electron chi connectivity index (χ1n) is 6.62. The highest BCUT2D eigenvalue weighted by Crippen LogP contribution is 2.22. The predicted octanol–water partition coefficient (Wildman–Crippen LogP) is 1.90. The molecule has 0 atom stereocenters. The van der Waals surface area contributed by atoms with Crippen LogP contribution in [0.4, 0.5) is 4.79 Å². The fraction of sp³-hybridized carbons (Fsp3) is 0.385. The summed E-state index contributed by atoms with van der Waals surface area (Å²) in [7, 11) is 0. The van der Waals surface area contributed by atoms with Crippen LogP contribution in [0.5, 0.6) is 0 Å². The molecule has 2 heterocycles. The van der Waals surface area contributed by atoms with E-state index in [1.807, 2.05) is 13.8 Å². The van der Waals surface area contributed by atoms with Crippen LogP contribution in [0.15, 0.2) is 32.5 Å². The van der Waals surface area contributed by atoms with Gasteiger partial charge in [0, 0.05) is 6.54 Å². The van der Waals surface area contributed by atoms with Crippen LogP contribution in [-0.4, -0.2) is 34.4 Å². The third-order valence-electron chi connectivity index (χ3n) is 2.39. The molecule has 0 aromatic carbocycles. The standard InChI is InChI=1S/C13H16N4O4S/c1-8(2)6-14-12(19)15-10(18)7-22-13-17-16-11(21-13)9-4-3-5-20-9/h3-5,8H,6-7H2,1-2H3,(H2,14,15,18,19). The minimum absolute atomic E-state index is 0.00507. The van der Waals surface area contributed by atoms with Crippen LogP contribution in [-0.2, 0) is 4.79 Å². The monoisotopic (exact) mass is 324 g/mol. The molecule has 0 spiro atoms. The third kappa shape index (κ3) is 4.92. The van der Waals surface area contributed by atoms with Crippen molar-refractivity contribution in [3.8, 4) is 11.7 Å². The number of hydrogen-bond acceptors (Lipinski definition) is 7. The van der Waals surface area contributed by atoms with E-state index in [-0.39, 0.29) is 16.9 Å². The first kappa shape index (κ1) is 16.1. The van der Waals surface area contributed by atoms with Crippen LogP contribution in [0, 0.1) is 5.92 Å². The van der Waals surface area contributed by atoms with Crippen LogP contribution in [0.2, 0.25) is 0 Å². The second-order valence-electron chi connectivity index (χ2n) is 4.79. The van der Waals surface area contributed by atoms with Gasteiger partial charge < -0.3 is 14.2 Å². The molecule has 0 aliphatic heterocycles. The number of furan rings is 1. The zero-order chi connectivity index (χ0) is 15.9. The summed E-state index contributed by atoms with van der Waals surface area (Å²) >= 11 is 1.04. The summed E-state index contributed by atoms with van der Waals surface area (Å²) < 4.78 is 10.4. The summed E-state index contributed by atoms with van der Waals surface area (Å²) in [6.45, 7) is 4.43. The van der Waals surface area contributed by atoms with Gasteiger partial charge in [0.25, 0.3) is 11.1 Å². The lowest BCUT2D eigenvalue weighted by molar-refractivity contribution is -0.117. The van der Waals surface area contributed by atoms with Gasteiger partial charge in [-0.3, -0.25) is 10.1 Å². The van der Waals surface area contributed by atoms with Crippen LogP contribution in [0.25, 0.3) is 11.7 Å². The highest BCUT2D eigenvalue weighted by molar-refractivity contribution is 7.99. The highest BCUT2D eigenvalue weighted by Gasteiger charge is 2.14. The van der Waals surface area contributed by atoms with Crippen LogP contribution in [0.3, 0.4) is 0 Å². The summed E-state index contributed by atoms with van der Waals surface area (Å²) in [5, 5.41) is 12.6. The van der Waals surface area contributed by atoms with Gasteiger partial charge in [0.15, 0.2) is 5.76 Å². The fourth-order valence-electron chi connectivity index (χ4n) is 1.40. The van der Waals surface area contributed by atoms with Gasteiger partial charge in [-0.1, -0.05) is 25.6 Å². The van der Waals surface area contributed by atoms with E-state index >= 15 is 0 Å². The average molecular weight is 324 g/mol. The molecule has 2 aromatic heterocycles. The fourth-order valence-corrected chi connectivity index (χ4v) is 1.96. The van der Waals surface area contributed by atoms with E-state index in [0.717, 1.165) is 11.8 Å². The SMILES string of the molecule is CC(C)CNC(=O)NC(=O)CSc1nnc(-c2ccco2)o1. The molecule has 2 rings (SSSR count). The van der Waals surface area contributed by atoms with Gasteiger partial charge in [0.05, 0.1) is 12.0 Å². The van der Waals surface area contributed by atoms with E-state index in [2.05, 4.69) is 20.8 Å². The summed E-state index contributed by atoms with van der Waals surface area (Å²) in [5.41, 5.74) is 0. The largest absolute Gasteiger partial charge is 0.459 e.